The summed E-state index contributed by atoms with van der Waals surface area (Å²) in [6.07, 6.45) is 3.01. The number of amides is 2. The van der Waals surface area contributed by atoms with E-state index in [1.54, 1.807) is 29.3 Å². The minimum absolute atomic E-state index is 0.00286. The normalized spacial score (nSPS) is 24.9. The fourth-order valence-electron chi connectivity index (χ4n) is 3.51. The Morgan fingerprint density at radius 2 is 1.75 bits per heavy atom. The summed E-state index contributed by atoms with van der Waals surface area (Å²) in [4.78, 5) is 37.3. The summed E-state index contributed by atoms with van der Waals surface area (Å²) in [6, 6.07) is 7.90. The highest BCUT2D eigenvalue weighted by Gasteiger charge is 2.40. The summed E-state index contributed by atoms with van der Waals surface area (Å²) < 4.78 is 0. The molecule has 1 aromatic rings. The van der Waals surface area contributed by atoms with Crippen molar-refractivity contribution in [3.63, 3.8) is 0 Å². The highest BCUT2D eigenvalue weighted by Crippen LogP contribution is 2.24. The maximum atomic E-state index is 13.0. The molecule has 2 aliphatic heterocycles. The number of Topliss-reactive ketones (excluding diaryl/α,β-unsaturated/α-hetero) is 1. The van der Waals surface area contributed by atoms with E-state index < -0.39 is 12.1 Å². The summed E-state index contributed by atoms with van der Waals surface area (Å²) >= 11 is 0. The van der Waals surface area contributed by atoms with Gasteiger partial charge in [-0.3, -0.25) is 19.4 Å². The molecular weight excluding hydrogens is 306 g/mol. The zero-order chi connectivity index (χ0) is 17.1. The van der Waals surface area contributed by atoms with Gasteiger partial charge in [0, 0.05) is 18.7 Å². The summed E-state index contributed by atoms with van der Waals surface area (Å²) in [5.74, 6) is -0.418. The third-order valence-electron chi connectivity index (χ3n) is 4.74. The van der Waals surface area contributed by atoms with Crippen molar-refractivity contribution in [2.75, 3.05) is 13.1 Å². The number of hydrogen-bond acceptors (Lipinski definition) is 4. The first-order chi connectivity index (χ1) is 11.6. The molecule has 3 rings (SSSR count). The van der Waals surface area contributed by atoms with Crippen molar-refractivity contribution >= 4 is 17.6 Å². The third-order valence-corrected chi connectivity index (χ3v) is 4.74. The van der Waals surface area contributed by atoms with Gasteiger partial charge < -0.3 is 5.32 Å². The van der Waals surface area contributed by atoms with E-state index in [1.165, 1.54) is 6.92 Å². The first kappa shape index (κ1) is 16.6. The Morgan fingerprint density at radius 3 is 2.42 bits per heavy atom. The molecule has 0 radical (unpaired) electrons. The number of ketones is 1. The number of rotatable bonds is 3. The van der Waals surface area contributed by atoms with Crippen LogP contribution in [0.15, 0.2) is 30.3 Å². The molecule has 2 atom stereocenters. The van der Waals surface area contributed by atoms with Crippen LogP contribution in [0.25, 0.3) is 0 Å². The second-order valence-corrected chi connectivity index (χ2v) is 6.44. The Morgan fingerprint density at radius 1 is 1.08 bits per heavy atom. The van der Waals surface area contributed by atoms with E-state index >= 15 is 0 Å². The van der Waals surface area contributed by atoms with Crippen LogP contribution in [0.2, 0.25) is 0 Å². The first-order valence-corrected chi connectivity index (χ1v) is 8.52. The SMILES string of the molecule is CC(=O)C1CCCN2CCCC(NC(=O)c3ccccc3)C(=O)N12. The molecule has 0 spiro atoms. The highest BCUT2D eigenvalue weighted by atomic mass is 16.2. The lowest BCUT2D eigenvalue weighted by atomic mass is 10.0. The summed E-state index contributed by atoms with van der Waals surface area (Å²) in [5.41, 5.74) is 0.535. The molecule has 6 nitrogen and oxygen atoms in total. The number of carbonyl (C=O) groups excluding carboxylic acids is 3. The van der Waals surface area contributed by atoms with Gasteiger partial charge in [-0.25, -0.2) is 5.01 Å². The lowest BCUT2D eigenvalue weighted by Crippen LogP contribution is -2.60. The molecule has 128 valence electrons. The zero-order valence-corrected chi connectivity index (χ0v) is 13.9. The van der Waals surface area contributed by atoms with Gasteiger partial charge in [-0.2, -0.15) is 0 Å². The van der Waals surface area contributed by atoms with Crippen LogP contribution in [-0.2, 0) is 9.59 Å². The molecule has 24 heavy (non-hydrogen) atoms. The maximum absolute atomic E-state index is 13.0. The van der Waals surface area contributed by atoms with Gasteiger partial charge in [0.25, 0.3) is 11.8 Å². The minimum atomic E-state index is -0.581. The molecule has 2 heterocycles. The fourth-order valence-corrected chi connectivity index (χ4v) is 3.51. The molecule has 2 aliphatic rings. The van der Waals surface area contributed by atoms with E-state index in [2.05, 4.69) is 5.32 Å². The molecule has 2 fully saturated rings. The minimum Gasteiger partial charge on any atom is -0.340 e. The van der Waals surface area contributed by atoms with Crippen molar-refractivity contribution in [3.05, 3.63) is 35.9 Å². The third kappa shape index (κ3) is 3.33. The molecule has 1 N–H and O–H groups in total. The summed E-state index contributed by atoms with van der Waals surface area (Å²) in [5, 5.41) is 6.43. The Bertz CT molecular complexity index is 632. The summed E-state index contributed by atoms with van der Waals surface area (Å²) in [6.45, 7) is 3.06. The highest BCUT2D eigenvalue weighted by molar-refractivity contribution is 5.98. The molecule has 1 aromatic carbocycles. The van der Waals surface area contributed by atoms with Crippen LogP contribution in [0.1, 0.15) is 43.0 Å². The average Bonchev–Trinajstić information content (AvgIpc) is 2.75. The smallest absolute Gasteiger partial charge is 0.260 e. The van der Waals surface area contributed by atoms with Gasteiger partial charge in [0.2, 0.25) is 0 Å². The van der Waals surface area contributed by atoms with Crippen molar-refractivity contribution < 1.29 is 14.4 Å². The predicted octanol–water partition coefficient (Wildman–Crippen LogP) is 1.38. The zero-order valence-electron chi connectivity index (χ0n) is 13.9. The summed E-state index contributed by atoms with van der Waals surface area (Å²) in [7, 11) is 0. The van der Waals surface area contributed by atoms with Crippen LogP contribution in [0, 0.1) is 0 Å². The largest absolute Gasteiger partial charge is 0.340 e. The molecular formula is C18H23N3O3. The Hall–Kier alpha value is -2.21. The molecule has 0 bridgehead atoms. The number of nitrogens with zero attached hydrogens (tertiary/aromatic N) is 2. The lowest BCUT2D eigenvalue weighted by Gasteiger charge is -2.43. The van der Waals surface area contributed by atoms with Crippen LogP contribution in [0.3, 0.4) is 0 Å². The predicted molar refractivity (Wildman–Crippen MR) is 89.1 cm³/mol. The van der Waals surface area contributed by atoms with Crippen molar-refractivity contribution in [3.8, 4) is 0 Å². The van der Waals surface area contributed by atoms with Crippen molar-refractivity contribution in [2.45, 2.75) is 44.7 Å². The van der Waals surface area contributed by atoms with E-state index in [-0.39, 0.29) is 17.6 Å². The molecule has 0 aromatic heterocycles. The molecule has 0 saturated carbocycles. The number of carbonyl (C=O) groups is 3. The molecule has 2 amide bonds. The van der Waals surface area contributed by atoms with Gasteiger partial charge in [0.05, 0.1) is 0 Å². The van der Waals surface area contributed by atoms with Crippen LogP contribution < -0.4 is 5.32 Å². The Balaban J connectivity index is 1.78. The monoisotopic (exact) mass is 329 g/mol. The second kappa shape index (κ2) is 7.13. The van der Waals surface area contributed by atoms with Gasteiger partial charge >= 0.3 is 0 Å². The van der Waals surface area contributed by atoms with Crippen molar-refractivity contribution in [2.24, 2.45) is 0 Å². The molecule has 0 aliphatic carbocycles. The quantitative estimate of drug-likeness (QED) is 0.909. The van der Waals surface area contributed by atoms with Gasteiger partial charge in [-0.1, -0.05) is 18.2 Å². The fraction of sp³-hybridized carbons (Fsp3) is 0.500. The van der Waals surface area contributed by atoms with Crippen molar-refractivity contribution in [1.29, 1.82) is 0 Å². The van der Waals surface area contributed by atoms with Gasteiger partial charge in [0.1, 0.15) is 12.1 Å². The Kier molecular flexibility index (Phi) is 4.94. The molecule has 2 unspecified atom stereocenters. The van der Waals surface area contributed by atoms with E-state index in [9.17, 15) is 14.4 Å². The van der Waals surface area contributed by atoms with Crippen LogP contribution in [0.4, 0.5) is 0 Å². The number of hydrogen-bond donors (Lipinski definition) is 1. The standard InChI is InChI=1S/C18H23N3O3/c1-13(22)16-10-6-12-20-11-5-9-15(18(24)21(16)20)19-17(23)14-7-3-2-4-8-14/h2-4,7-8,15-16H,5-6,9-12H2,1H3,(H,19,23). The number of fused-ring (bicyclic) bond motifs is 1. The van der Waals surface area contributed by atoms with Crippen LogP contribution >= 0.6 is 0 Å². The Labute approximate surface area is 141 Å². The second-order valence-electron chi connectivity index (χ2n) is 6.44. The molecule has 6 heteroatoms. The number of hydrazine groups is 1. The van der Waals surface area contributed by atoms with Crippen LogP contribution in [-0.4, -0.2) is 52.8 Å². The van der Waals surface area contributed by atoms with Gasteiger partial charge in [-0.15, -0.1) is 0 Å². The van der Waals surface area contributed by atoms with Crippen molar-refractivity contribution in [1.82, 2.24) is 15.3 Å². The average molecular weight is 329 g/mol. The van der Waals surface area contributed by atoms with Gasteiger partial charge in [-0.05, 0) is 44.7 Å². The van der Waals surface area contributed by atoms with E-state index in [4.69, 9.17) is 0 Å². The first-order valence-electron chi connectivity index (χ1n) is 8.52. The van der Waals surface area contributed by atoms with E-state index in [0.717, 1.165) is 25.9 Å². The van der Waals surface area contributed by atoms with E-state index in [0.29, 0.717) is 18.4 Å². The topological polar surface area (TPSA) is 69.7 Å². The van der Waals surface area contributed by atoms with Gasteiger partial charge in [0.15, 0.2) is 5.78 Å². The van der Waals surface area contributed by atoms with Crippen LogP contribution in [0.5, 0.6) is 0 Å². The lowest BCUT2D eigenvalue weighted by molar-refractivity contribution is -0.165. The number of benzene rings is 1. The number of nitrogens with one attached hydrogen (secondary N) is 1. The maximum Gasteiger partial charge on any atom is 0.260 e. The van der Waals surface area contributed by atoms with E-state index in [1.807, 2.05) is 11.1 Å². The molecule has 2 saturated heterocycles.